The average Bonchev–Trinajstić information content (AvgIpc) is 3.02. The quantitative estimate of drug-likeness (QED) is 0.565. The number of anilines is 1. The Hall–Kier alpha value is -2.24. The highest BCUT2D eigenvalue weighted by molar-refractivity contribution is 7.08. The third kappa shape index (κ3) is 2.47. The minimum atomic E-state index is 0.607. The molecule has 0 radical (unpaired) electrons. The Bertz CT molecular complexity index is 665. The van der Waals surface area contributed by atoms with Gasteiger partial charge in [0.2, 0.25) is 0 Å². The lowest BCUT2D eigenvalue weighted by Gasteiger charge is -2.07. The van der Waals surface area contributed by atoms with E-state index >= 15 is 0 Å². The van der Waals surface area contributed by atoms with Gasteiger partial charge < -0.3 is 5.43 Å². The Morgan fingerprint density at radius 3 is 2.53 bits per heavy atom. The van der Waals surface area contributed by atoms with E-state index in [0.29, 0.717) is 11.6 Å². The van der Waals surface area contributed by atoms with E-state index < -0.39 is 0 Å². The topological polar surface area (TPSA) is 63.8 Å². The van der Waals surface area contributed by atoms with Gasteiger partial charge in [-0.3, -0.25) is 0 Å². The third-order valence-electron chi connectivity index (χ3n) is 2.72. The monoisotopic (exact) mass is 268 g/mol. The number of nitrogen functional groups attached to an aromatic ring is 1. The van der Waals surface area contributed by atoms with E-state index in [4.69, 9.17) is 5.84 Å². The molecule has 0 fully saturated rings. The van der Waals surface area contributed by atoms with E-state index in [-0.39, 0.29) is 0 Å². The Kier molecular flexibility index (Phi) is 3.22. The summed E-state index contributed by atoms with van der Waals surface area (Å²) in [5.74, 6) is 6.76. The minimum absolute atomic E-state index is 0.607. The molecule has 2 aromatic heterocycles. The van der Waals surface area contributed by atoms with Crippen LogP contribution >= 0.6 is 11.3 Å². The Labute approximate surface area is 114 Å². The number of hydrogen-bond donors (Lipinski definition) is 2. The van der Waals surface area contributed by atoms with Gasteiger partial charge in [-0.25, -0.2) is 15.8 Å². The van der Waals surface area contributed by atoms with Gasteiger partial charge in [-0.05, 0) is 11.4 Å². The second-order valence-corrected chi connectivity index (χ2v) is 4.76. The van der Waals surface area contributed by atoms with Crippen LogP contribution in [0.25, 0.3) is 22.6 Å². The predicted molar refractivity (Wildman–Crippen MR) is 78.6 cm³/mol. The van der Waals surface area contributed by atoms with Crippen molar-refractivity contribution in [1.29, 1.82) is 0 Å². The van der Waals surface area contributed by atoms with Gasteiger partial charge in [-0.15, -0.1) is 0 Å². The van der Waals surface area contributed by atoms with Crippen LogP contribution in [-0.4, -0.2) is 9.97 Å². The van der Waals surface area contributed by atoms with Gasteiger partial charge >= 0.3 is 0 Å². The molecule has 0 spiro atoms. The highest BCUT2D eigenvalue weighted by atomic mass is 32.1. The molecule has 0 amide bonds. The van der Waals surface area contributed by atoms with E-state index in [1.165, 1.54) is 0 Å². The van der Waals surface area contributed by atoms with E-state index in [0.717, 1.165) is 16.8 Å². The largest absolute Gasteiger partial charge is 0.308 e. The van der Waals surface area contributed by atoms with Crippen LogP contribution in [0.3, 0.4) is 0 Å². The fourth-order valence-corrected chi connectivity index (χ4v) is 2.43. The summed E-state index contributed by atoms with van der Waals surface area (Å²) < 4.78 is 0. The van der Waals surface area contributed by atoms with Crippen molar-refractivity contribution in [3.8, 4) is 22.6 Å². The molecule has 0 bridgehead atoms. The molecule has 3 rings (SSSR count). The lowest BCUT2D eigenvalue weighted by Crippen LogP contribution is -2.09. The third-order valence-corrected chi connectivity index (χ3v) is 3.41. The Morgan fingerprint density at radius 2 is 1.84 bits per heavy atom. The molecule has 4 nitrogen and oxygen atoms in total. The van der Waals surface area contributed by atoms with E-state index in [1.54, 1.807) is 11.3 Å². The standard InChI is InChI=1S/C14H12N4S/c15-18-13-8-12(10-4-2-1-3-5-10)16-14(17-13)11-6-7-19-9-11/h1-9H,15H2,(H,16,17,18). The van der Waals surface area contributed by atoms with Crippen molar-refractivity contribution in [1.82, 2.24) is 9.97 Å². The van der Waals surface area contributed by atoms with Crippen molar-refractivity contribution in [2.75, 3.05) is 5.43 Å². The van der Waals surface area contributed by atoms with Crippen LogP contribution in [-0.2, 0) is 0 Å². The van der Waals surface area contributed by atoms with Gasteiger partial charge in [-0.2, -0.15) is 11.3 Å². The number of hydrazine groups is 1. The Balaban J connectivity index is 2.13. The summed E-state index contributed by atoms with van der Waals surface area (Å²) in [5, 5.41) is 4.02. The minimum Gasteiger partial charge on any atom is -0.308 e. The molecule has 3 aromatic rings. The summed E-state index contributed by atoms with van der Waals surface area (Å²) in [7, 11) is 0. The summed E-state index contributed by atoms with van der Waals surface area (Å²) in [5.41, 5.74) is 5.48. The molecule has 0 atom stereocenters. The summed E-state index contributed by atoms with van der Waals surface area (Å²) in [6.45, 7) is 0. The van der Waals surface area contributed by atoms with Gasteiger partial charge in [0.25, 0.3) is 0 Å². The molecule has 0 aliphatic heterocycles. The van der Waals surface area contributed by atoms with Crippen LogP contribution in [0, 0.1) is 0 Å². The fourth-order valence-electron chi connectivity index (χ4n) is 1.80. The number of benzene rings is 1. The molecule has 0 saturated carbocycles. The van der Waals surface area contributed by atoms with Crippen LogP contribution in [0.2, 0.25) is 0 Å². The molecule has 0 unspecified atom stereocenters. The summed E-state index contributed by atoms with van der Waals surface area (Å²) in [4.78, 5) is 8.97. The van der Waals surface area contributed by atoms with Crippen molar-refractivity contribution in [3.63, 3.8) is 0 Å². The fraction of sp³-hybridized carbons (Fsp3) is 0. The van der Waals surface area contributed by atoms with Gasteiger partial charge in [0.1, 0.15) is 5.82 Å². The van der Waals surface area contributed by atoms with Crippen molar-refractivity contribution < 1.29 is 0 Å². The van der Waals surface area contributed by atoms with Crippen LogP contribution < -0.4 is 11.3 Å². The predicted octanol–water partition coefficient (Wildman–Crippen LogP) is 3.16. The Morgan fingerprint density at radius 1 is 1.00 bits per heavy atom. The molecule has 0 saturated heterocycles. The molecule has 1 aromatic carbocycles. The average molecular weight is 268 g/mol. The van der Waals surface area contributed by atoms with E-state index in [1.807, 2.05) is 53.2 Å². The molecule has 5 heteroatoms. The number of nitrogens with zero attached hydrogens (tertiary/aromatic N) is 2. The number of rotatable bonds is 3. The molecule has 94 valence electrons. The van der Waals surface area contributed by atoms with Gasteiger partial charge in [0.15, 0.2) is 5.82 Å². The lowest BCUT2D eigenvalue weighted by molar-refractivity contribution is 1.15. The summed E-state index contributed by atoms with van der Waals surface area (Å²) in [6.07, 6.45) is 0. The zero-order valence-corrected chi connectivity index (χ0v) is 10.9. The first-order valence-corrected chi connectivity index (χ1v) is 6.75. The van der Waals surface area contributed by atoms with Crippen molar-refractivity contribution >= 4 is 17.2 Å². The van der Waals surface area contributed by atoms with E-state index in [2.05, 4.69) is 15.4 Å². The molecule has 0 aliphatic rings. The molecular weight excluding hydrogens is 256 g/mol. The summed E-state index contributed by atoms with van der Waals surface area (Å²) in [6, 6.07) is 13.8. The van der Waals surface area contributed by atoms with Crippen molar-refractivity contribution in [2.24, 2.45) is 5.84 Å². The number of nitrogens with two attached hydrogens (primary N) is 1. The molecule has 2 heterocycles. The first-order chi connectivity index (χ1) is 9.36. The zero-order valence-electron chi connectivity index (χ0n) is 10.1. The van der Waals surface area contributed by atoms with Crippen molar-refractivity contribution in [2.45, 2.75) is 0 Å². The van der Waals surface area contributed by atoms with Crippen LogP contribution in [0.15, 0.2) is 53.2 Å². The zero-order chi connectivity index (χ0) is 13.1. The molecular formula is C14H12N4S. The maximum absolute atomic E-state index is 5.48. The van der Waals surface area contributed by atoms with Gasteiger partial charge in [0, 0.05) is 22.6 Å². The second kappa shape index (κ2) is 5.17. The lowest BCUT2D eigenvalue weighted by atomic mass is 10.1. The normalized spacial score (nSPS) is 10.4. The SMILES string of the molecule is NNc1cc(-c2ccccc2)nc(-c2ccsc2)n1. The van der Waals surface area contributed by atoms with Gasteiger partial charge in [0.05, 0.1) is 5.69 Å². The highest BCUT2D eigenvalue weighted by Crippen LogP contribution is 2.25. The first kappa shape index (κ1) is 11.8. The molecule has 19 heavy (non-hydrogen) atoms. The smallest absolute Gasteiger partial charge is 0.163 e. The summed E-state index contributed by atoms with van der Waals surface area (Å²) >= 11 is 1.62. The number of hydrogen-bond acceptors (Lipinski definition) is 5. The van der Waals surface area contributed by atoms with Crippen LogP contribution in [0.5, 0.6) is 0 Å². The van der Waals surface area contributed by atoms with Gasteiger partial charge in [-0.1, -0.05) is 30.3 Å². The number of thiophene rings is 1. The van der Waals surface area contributed by atoms with E-state index in [9.17, 15) is 0 Å². The van der Waals surface area contributed by atoms with Crippen LogP contribution in [0.1, 0.15) is 0 Å². The second-order valence-electron chi connectivity index (χ2n) is 3.98. The number of aromatic nitrogens is 2. The maximum Gasteiger partial charge on any atom is 0.163 e. The highest BCUT2D eigenvalue weighted by Gasteiger charge is 2.08. The number of nitrogens with one attached hydrogen (secondary N) is 1. The molecule has 3 N–H and O–H groups in total. The van der Waals surface area contributed by atoms with Crippen LogP contribution in [0.4, 0.5) is 5.82 Å². The first-order valence-electron chi connectivity index (χ1n) is 5.80. The maximum atomic E-state index is 5.48. The molecule has 0 aliphatic carbocycles. The van der Waals surface area contributed by atoms with Crippen molar-refractivity contribution in [3.05, 3.63) is 53.2 Å².